The Labute approximate surface area is 125 Å². The largest absolute Gasteiger partial charge is 0.308 e. The van der Waals surface area contributed by atoms with Crippen molar-refractivity contribution in [3.8, 4) is 0 Å². The maximum absolute atomic E-state index is 11.5. The van der Waals surface area contributed by atoms with Gasteiger partial charge in [0.05, 0.1) is 5.69 Å². The number of carbonyl (C=O) groups is 1. The van der Waals surface area contributed by atoms with Gasteiger partial charge in [-0.3, -0.25) is 9.69 Å². The number of anilines is 1. The monoisotopic (exact) mass is 295 g/mol. The van der Waals surface area contributed by atoms with Crippen molar-refractivity contribution in [2.75, 3.05) is 11.4 Å². The molecule has 0 radical (unpaired) electrons. The van der Waals surface area contributed by atoms with Crippen LogP contribution in [-0.4, -0.2) is 23.5 Å². The maximum Gasteiger partial charge on any atom is 0.225 e. The van der Waals surface area contributed by atoms with E-state index in [1.165, 1.54) is 38.5 Å². The van der Waals surface area contributed by atoms with Crippen LogP contribution in [0, 0.1) is 0 Å². The predicted octanol–water partition coefficient (Wildman–Crippen LogP) is 3.33. The number of rotatable bonds is 5. The normalized spacial score (nSPS) is 16.9. The molecule has 1 N–H and O–H groups in total. The van der Waals surface area contributed by atoms with Gasteiger partial charge in [0.15, 0.2) is 5.13 Å². The Morgan fingerprint density at radius 1 is 1.40 bits per heavy atom. The molecule has 1 aliphatic rings. The lowest BCUT2D eigenvalue weighted by Crippen LogP contribution is -2.29. The van der Waals surface area contributed by atoms with Crippen LogP contribution >= 0.6 is 11.3 Å². The molecule has 0 unspecified atom stereocenters. The molecule has 2 rings (SSSR count). The SMILES string of the molecule is CCN(C(C)=O)c1nc(CNC2CCCCCC2)cs1. The van der Waals surface area contributed by atoms with Crippen molar-refractivity contribution >= 4 is 22.4 Å². The zero-order chi connectivity index (χ0) is 14.4. The lowest BCUT2D eigenvalue weighted by molar-refractivity contribution is -0.116. The van der Waals surface area contributed by atoms with Gasteiger partial charge in [-0.2, -0.15) is 0 Å². The third kappa shape index (κ3) is 4.28. The molecular formula is C15H25N3OS. The Hall–Kier alpha value is -0.940. The van der Waals surface area contributed by atoms with Crippen LogP contribution in [0.4, 0.5) is 5.13 Å². The second-order valence-corrected chi connectivity index (χ2v) is 6.29. The smallest absolute Gasteiger partial charge is 0.225 e. The van der Waals surface area contributed by atoms with Gasteiger partial charge in [-0.1, -0.05) is 25.7 Å². The van der Waals surface area contributed by atoms with E-state index < -0.39 is 0 Å². The highest BCUT2D eigenvalue weighted by atomic mass is 32.1. The first kappa shape index (κ1) is 15.4. The van der Waals surface area contributed by atoms with Crippen molar-refractivity contribution in [1.29, 1.82) is 0 Å². The molecule has 0 aromatic carbocycles. The van der Waals surface area contributed by atoms with Crippen LogP contribution in [0.1, 0.15) is 58.1 Å². The molecule has 0 spiro atoms. The average molecular weight is 295 g/mol. The maximum atomic E-state index is 11.5. The van der Waals surface area contributed by atoms with Crippen LogP contribution in [-0.2, 0) is 11.3 Å². The summed E-state index contributed by atoms with van der Waals surface area (Å²) < 4.78 is 0. The van der Waals surface area contributed by atoms with Crippen molar-refractivity contribution < 1.29 is 4.79 Å². The summed E-state index contributed by atoms with van der Waals surface area (Å²) in [4.78, 5) is 17.8. The highest BCUT2D eigenvalue weighted by molar-refractivity contribution is 7.14. The average Bonchev–Trinajstić information content (AvgIpc) is 2.72. The van der Waals surface area contributed by atoms with Crippen LogP contribution in [0.2, 0.25) is 0 Å². The number of nitrogens with zero attached hydrogens (tertiary/aromatic N) is 2. The number of hydrogen-bond donors (Lipinski definition) is 1. The summed E-state index contributed by atoms with van der Waals surface area (Å²) in [5, 5.41) is 6.50. The van der Waals surface area contributed by atoms with E-state index in [0.717, 1.165) is 17.4 Å². The van der Waals surface area contributed by atoms with Gasteiger partial charge in [0.25, 0.3) is 0 Å². The van der Waals surface area contributed by atoms with Gasteiger partial charge in [0.1, 0.15) is 0 Å². The van der Waals surface area contributed by atoms with Crippen molar-refractivity contribution in [3.05, 3.63) is 11.1 Å². The highest BCUT2D eigenvalue weighted by Gasteiger charge is 2.15. The Morgan fingerprint density at radius 3 is 2.70 bits per heavy atom. The molecule has 1 fully saturated rings. The lowest BCUT2D eigenvalue weighted by atomic mass is 10.1. The first-order valence-corrected chi connectivity index (χ1v) is 8.54. The summed E-state index contributed by atoms with van der Waals surface area (Å²) in [5.74, 6) is 0.0603. The summed E-state index contributed by atoms with van der Waals surface area (Å²) in [6, 6.07) is 0.637. The van der Waals surface area contributed by atoms with Gasteiger partial charge in [0, 0.05) is 31.4 Å². The third-order valence-corrected chi connectivity index (χ3v) is 4.81. The molecule has 4 nitrogen and oxygen atoms in total. The molecule has 1 heterocycles. The van der Waals surface area contributed by atoms with Crippen molar-refractivity contribution in [2.24, 2.45) is 0 Å². The lowest BCUT2D eigenvalue weighted by Gasteiger charge is -2.16. The zero-order valence-corrected chi connectivity index (χ0v) is 13.3. The summed E-state index contributed by atoms with van der Waals surface area (Å²) in [5.41, 5.74) is 1.05. The fourth-order valence-electron chi connectivity index (χ4n) is 2.73. The number of aromatic nitrogens is 1. The van der Waals surface area contributed by atoms with E-state index in [0.29, 0.717) is 12.6 Å². The van der Waals surface area contributed by atoms with Crippen LogP contribution in [0.3, 0.4) is 0 Å². The molecular weight excluding hydrogens is 270 g/mol. The number of amides is 1. The third-order valence-electron chi connectivity index (χ3n) is 3.89. The van der Waals surface area contributed by atoms with Crippen LogP contribution < -0.4 is 10.2 Å². The molecule has 0 atom stereocenters. The van der Waals surface area contributed by atoms with Gasteiger partial charge in [-0.15, -0.1) is 11.3 Å². The van der Waals surface area contributed by atoms with Crippen LogP contribution in [0.25, 0.3) is 0 Å². The molecule has 1 amide bonds. The molecule has 0 saturated heterocycles. The molecule has 0 aliphatic heterocycles. The molecule has 1 aromatic rings. The van der Waals surface area contributed by atoms with E-state index in [4.69, 9.17) is 0 Å². The Bertz CT molecular complexity index is 425. The quantitative estimate of drug-likeness (QED) is 0.848. The number of nitrogens with one attached hydrogen (secondary N) is 1. The van der Waals surface area contributed by atoms with Crippen LogP contribution in [0.5, 0.6) is 0 Å². The van der Waals surface area contributed by atoms with Gasteiger partial charge in [0.2, 0.25) is 5.91 Å². The summed E-state index contributed by atoms with van der Waals surface area (Å²) in [7, 11) is 0. The van der Waals surface area contributed by atoms with Gasteiger partial charge in [-0.25, -0.2) is 4.98 Å². The molecule has 1 saturated carbocycles. The molecule has 0 bridgehead atoms. The Kier molecular flexibility index (Phi) is 5.98. The van der Waals surface area contributed by atoms with Gasteiger partial charge < -0.3 is 5.32 Å². The summed E-state index contributed by atoms with van der Waals surface area (Å²) >= 11 is 1.56. The standard InChI is InChI=1S/C15H25N3OS/c1-3-18(12(2)19)15-17-14(11-20-15)10-16-13-8-6-4-5-7-9-13/h11,13,16H,3-10H2,1-2H3. The second kappa shape index (κ2) is 7.74. The Morgan fingerprint density at radius 2 is 2.10 bits per heavy atom. The minimum atomic E-state index is 0.0603. The summed E-state index contributed by atoms with van der Waals surface area (Å²) in [6.45, 7) is 5.07. The van der Waals surface area contributed by atoms with E-state index >= 15 is 0 Å². The van der Waals surface area contributed by atoms with E-state index in [-0.39, 0.29) is 5.91 Å². The first-order chi connectivity index (χ1) is 9.70. The molecule has 1 aliphatic carbocycles. The first-order valence-electron chi connectivity index (χ1n) is 7.66. The zero-order valence-electron chi connectivity index (χ0n) is 12.5. The summed E-state index contributed by atoms with van der Waals surface area (Å²) in [6.07, 6.45) is 8.01. The van der Waals surface area contributed by atoms with Crippen molar-refractivity contribution in [2.45, 2.75) is 65.0 Å². The molecule has 1 aromatic heterocycles. The fraction of sp³-hybridized carbons (Fsp3) is 0.733. The minimum absolute atomic E-state index is 0.0603. The van der Waals surface area contributed by atoms with Gasteiger partial charge in [-0.05, 0) is 19.8 Å². The van der Waals surface area contributed by atoms with Crippen molar-refractivity contribution in [3.63, 3.8) is 0 Å². The van der Waals surface area contributed by atoms with Crippen molar-refractivity contribution in [1.82, 2.24) is 10.3 Å². The molecule has 20 heavy (non-hydrogen) atoms. The number of hydrogen-bond acceptors (Lipinski definition) is 4. The van der Waals surface area contributed by atoms with E-state index in [2.05, 4.69) is 15.7 Å². The topological polar surface area (TPSA) is 45.2 Å². The fourth-order valence-corrected chi connectivity index (χ4v) is 3.66. The van der Waals surface area contributed by atoms with E-state index in [1.54, 1.807) is 23.2 Å². The second-order valence-electron chi connectivity index (χ2n) is 5.45. The van der Waals surface area contributed by atoms with Gasteiger partial charge >= 0.3 is 0 Å². The highest BCUT2D eigenvalue weighted by Crippen LogP contribution is 2.21. The molecule has 112 valence electrons. The Balaban J connectivity index is 1.87. The molecule has 5 heteroatoms. The number of carbonyl (C=O) groups excluding carboxylic acids is 1. The number of thiazole rings is 1. The predicted molar refractivity (Wildman–Crippen MR) is 84.1 cm³/mol. The van der Waals surface area contributed by atoms with E-state index in [1.807, 2.05) is 6.92 Å². The van der Waals surface area contributed by atoms with E-state index in [9.17, 15) is 4.79 Å². The van der Waals surface area contributed by atoms with Crippen LogP contribution in [0.15, 0.2) is 5.38 Å². The minimum Gasteiger partial charge on any atom is -0.308 e.